The highest BCUT2D eigenvalue weighted by atomic mass is 32.2. The Balaban J connectivity index is -0.00000111. The highest BCUT2D eigenvalue weighted by Crippen LogP contribution is 2.66. The largest absolute Gasteiger partial charge is 0.460 e. The van der Waals surface area contributed by atoms with Gasteiger partial charge in [0.15, 0.2) is 0 Å². The van der Waals surface area contributed by atoms with Crippen LogP contribution < -0.4 is 0 Å². The minimum atomic E-state index is -8.74. The van der Waals surface area contributed by atoms with Gasteiger partial charge in [0.1, 0.15) is 0 Å². The molecule has 0 spiro atoms. The van der Waals surface area contributed by atoms with Gasteiger partial charge in [0, 0.05) is 12.8 Å². The maximum Gasteiger partial charge on any atom is 0.460 e. The molecule has 0 aliphatic heterocycles. The smallest absolute Gasteiger partial charge is 0.394 e. The Morgan fingerprint density at radius 2 is 0.500 bits per heavy atom. The Morgan fingerprint density at radius 1 is 0.338 bits per heavy atom. The molecule has 0 heterocycles. The van der Waals surface area contributed by atoms with Gasteiger partial charge in [0.2, 0.25) is 0 Å². The van der Waals surface area contributed by atoms with E-state index in [-0.39, 0.29) is 6.61 Å². The van der Waals surface area contributed by atoms with Crippen molar-refractivity contribution in [2.45, 2.75) is 128 Å². The Morgan fingerprint density at radius 3 is 0.618 bits per heavy atom. The van der Waals surface area contributed by atoms with Gasteiger partial charge in [-0.25, -0.2) is 0 Å². The van der Waals surface area contributed by atoms with Crippen molar-refractivity contribution in [1.82, 2.24) is 0 Å². The molecule has 0 saturated carbocycles. The van der Waals surface area contributed by atoms with Crippen molar-refractivity contribution < 1.29 is 185 Å². The van der Waals surface area contributed by atoms with Crippen LogP contribution in [0.5, 0.6) is 0 Å². The van der Waals surface area contributed by atoms with E-state index in [0.29, 0.717) is 6.42 Å². The summed E-state index contributed by atoms with van der Waals surface area (Å²) < 4.78 is 494. The molecule has 8 nitrogen and oxygen atoms in total. The summed E-state index contributed by atoms with van der Waals surface area (Å²) in [5, 5.41) is 16.5. The van der Waals surface area contributed by atoms with Crippen LogP contribution in [-0.4, -0.2) is 156 Å². The van der Waals surface area contributed by atoms with Crippen molar-refractivity contribution in [3.05, 3.63) is 0 Å². The van der Waals surface area contributed by atoms with Crippen LogP contribution in [0.3, 0.4) is 0 Å². The molecule has 4 N–H and O–H groups in total. The molecule has 0 fully saturated rings. The molecule has 1 unspecified atom stereocenters. The molecule has 0 aromatic rings. The van der Waals surface area contributed by atoms with Gasteiger partial charge in [0.05, 0.1) is 24.2 Å². The second kappa shape index (κ2) is 19.8. The van der Waals surface area contributed by atoms with Gasteiger partial charge in [-0.1, -0.05) is 6.92 Å². The van der Waals surface area contributed by atoms with Gasteiger partial charge in [-0.3, -0.25) is 9.11 Å². The molecule has 0 aromatic carbocycles. The zero-order chi connectivity index (χ0) is 56.8. The normalized spacial score (nSPS) is 16.4. The fourth-order valence-electron chi connectivity index (χ4n) is 3.35. The van der Waals surface area contributed by atoms with Gasteiger partial charge in [-0.15, -0.1) is 0 Å². The van der Waals surface area contributed by atoms with Crippen LogP contribution in [0.15, 0.2) is 0 Å². The van der Waals surface area contributed by atoms with Crippen molar-refractivity contribution in [3.8, 4) is 0 Å². The van der Waals surface area contributed by atoms with E-state index in [9.17, 15) is 166 Å². The van der Waals surface area contributed by atoms with E-state index in [1.165, 1.54) is 0 Å². The van der Waals surface area contributed by atoms with Crippen LogP contribution in [0.25, 0.3) is 0 Å². The van der Waals surface area contributed by atoms with Crippen LogP contribution in [0.1, 0.15) is 26.2 Å². The number of aliphatic hydroxyl groups is 2. The molecule has 0 rings (SSSR count). The van der Waals surface area contributed by atoms with Crippen molar-refractivity contribution in [2.75, 3.05) is 18.1 Å². The molecule has 0 radical (unpaired) electrons. The van der Waals surface area contributed by atoms with E-state index in [1.807, 2.05) is 6.92 Å². The van der Waals surface area contributed by atoms with E-state index >= 15 is 0 Å². The summed E-state index contributed by atoms with van der Waals surface area (Å²) in [5.41, 5.74) is 0. The predicted molar refractivity (Wildman–Crippen MR) is 147 cm³/mol. The molecule has 1 atom stereocenters. The molecule has 0 bridgehead atoms. The topological polar surface area (TPSA) is 149 Å². The molecule has 0 amide bonds. The lowest BCUT2D eigenvalue weighted by Gasteiger charge is -2.42. The third-order valence-corrected chi connectivity index (χ3v) is 9.04. The van der Waals surface area contributed by atoms with Crippen LogP contribution in [0.2, 0.25) is 0 Å². The lowest BCUT2D eigenvalue weighted by atomic mass is 9.88. The Labute approximate surface area is 352 Å². The van der Waals surface area contributed by atoms with Crippen LogP contribution in [0, 0.1) is 0 Å². The van der Waals surface area contributed by atoms with E-state index in [2.05, 4.69) is 0 Å². The first-order chi connectivity index (χ1) is 28.7. The average molecular weight is 1150 g/mol. The number of rotatable bonds is 20. The summed E-state index contributed by atoms with van der Waals surface area (Å²) in [7, 11) is -11.4. The predicted octanol–water partition coefficient (Wildman–Crippen LogP) is 10.3. The van der Waals surface area contributed by atoms with E-state index in [1.54, 1.807) is 0 Å². The summed E-state index contributed by atoms with van der Waals surface area (Å²) in [6, 6.07) is 0. The van der Waals surface area contributed by atoms with Crippen molar-refractivity contribution in [1.29, 1.82) is 0 Å². The quantitative estimate of drug-likeness (QED) is 0.0696. The zero-order valence-corrected chi connectivity index (χ0v) is 32.5. The Hall–Kier alpha value is -2.64. The molecule has 68 heavy (non-hydrogen) atoms. The van der Waals surface area contributed by atoms with Crippen LogP contribution in [0.4, 0.5) is 149 Å². The molecule has 44 heteroatoms. The Kier molecular flexibility index (Phi) is 20.2. The zero-order valence-electron chi connectivity index (χ0n) is 30.9. The fraction of sp³-hybridized carbons (Fsp3) is 1.00. The standard InChI is InChI=1S/2C10H5F17O3S.C4H10O2/c2*11-3(12,1-2-31(28,29)30)4(13,14)5(15,16)6(17,18)7(19,20)8(21,22)9(23,24)10(25,26)27;1-2-4(6)3-5/h2*1-2H2,(H,28,29,30);4-6H,2-3H2,1H3. The number of hydrogen-bond donors (Lipinski definition) is 4. The highest BCUT2D eigenvalue weighted by molar-refractivity contribution is 7.86. The molecular formula is C24H20F34O8S2. The summed E-state index contributed by atoms with van der Waals surface area (Å²) in [5.74, 6) is -120. The number of halogens is 34. The van der Waals surface area contributed by atoms with Crippen molar-refractivity contribution in [2.24, 2.45) is 0 Å². The van der Waals surface area contributed by atoms with E-state index in [4.69, 9.17) is 19.3 Å². The maximum atomic E-state index is 13.3. The fourth-order valence-corrected chi connectivity index (χ4v) is 4.38. The third kappa shape index (κ3) is 12.3. The summed E-state index contributed by atoms with van der Waals surface area (Å²) >= 11 is 0. The summed E-state index contributed by atoms with van der Waals surface area (Å²) in [6.45, 7) is 1.71. The van der Waals surface area contributed by atoms with Gasteiger partial charge in [0.25, 0.3) is 20.2 Å². The van der Waals surface area contributed by atoms with Crippen molar-refractivity contribution in [3.63, 3.8) is 0 Å². The maximum absolute atomic E-state index is 13.3. The minimum absolute atomic E-state index is 0.115. The van der Waals surface area contributed by atoms with E-state index in [0.717, 1.165) is 0 Å². The number of alkyl halides is 34. The van der Waals surface area contributed by atoms with E-state index < -0.39 is 146 Å². The monoisotopic (exact) mass is 1150 g/mol. The van der Waals surface area contributed by atoms with Crippen molar-refractivity contribution >= 4 is 20.2 Å². The minimum Gasteiger partial charge on any atom is -0.394 e. The van der Waals surface area contributed by atoms with Gasteiger partial charge in [-0.05, 0) is 6.42 Å². The molecule has 0 aliphatic carbocycles. The first-order valence-electron chi connectivity index (χ1n) is 15.3. The first-order valence-corrected chi connectivity index (χ1v) is 18.6. The lowest BCUT2D eigenvalue weighted by Crippen LogP contribution is -2.74. The van der Waals surface area contributed by atoms with Gasteiger partial charge in [-0.2, -0.15) is 166 Å². The highest BCUT2D eigenvalue weighted by Gasteiger charge is 2.97. The van der Waals surface area contributed by atoms with Gasteiger partial charge < -0.3 is 10.2 Å². The second-order valence-electron chi connectivity index (χ2n) is 12.6. The van der Waals surface area contributed by atoms with Crippen LogP contribution >= 0.6 is 0 Å². The molecule has 0 saturated heterocycles. The summed E-state index contributed by atoms with van der Waals surface area (Å²) in [6.07, 6.45) is -22.0. The molecule has 414 valence electrons. The second-order valence-corrected chi connectivity index (χ2v) is 15.8. The molecule has 0 aromatic heterocycles. The SMILES string of the molecule is CCC(O)CO.O=S(=O)(O)CCC(F)(F)C(F)(F)C(F)(F)C(F)(F)C(F)(F)C(F)(F)C(F)(F)C(F)(F)F.O=S(=O)(O)CCC(F)(F)C(F)(F)C(F)(F)C(F)(F)C(F)(F)C(F)(F)C(F)(F)C(F)(F)F. The first kappa shape index (κ1) is 69.6. The summed E-state index contributed by atoms with van der Waals surface area (Å²) in [4.78, 5) is 0. The molecule has 0 aliphatic rings. The van der Waals surface area contributed by atoms with Crippen LogP contribution in [-0.2, 0) is 20.2 Å². The average Bonchev–Trinajstić information content (AvgIpc) is 3.10. The number of hydrogen-bond acceptors (Lipinski definition) is 6. The lowest BCUT2D eigenvalue weighted by molar-refractivity contribution is -0.461. The van der Waals surface area contributed by atoms with Gasteiger partial charge >= 0.3 is 95.3 Å². The Bertz CT molecular complexity index is 1750. The number of aliphatic hydroxyl groups excluding tert-OH is 2. The molecular weight excluding hydrogens is 1130 g/mol. The third-order valence-electron chi connectivity index (χ3n) is 7.60.